The van der Waals surface area contributed by atoms with Gasteiger partial charge in [0.25, 0.3) is 0 Å². The van der Waals surface area contributed by atoms with E-state index in [9.17, 15) is 4.79 Å². The van der Waals surface area contributed by atoms with E-state index >= 15 is 0 Å². The molecular formula is C13H14NO2+. The molecule has 0 saturated heterocycles. The first-order chi connectivity index (χ1) is 7.72. The minimum absolute atomic E-state index is 0.331. The lowest BCUT2D eigenvalue weighted by Crippen LogP contribution is -2.44. The Kier molecular flexibility index (Phi) is 2.86. The first-order valence-electron chi connectivity index (χ1n) is 5.30. The molecule has 0 unspecified atom stereocenters. The SMILES string of the molecule is CCOC(=O)[n+]1cc(C)cc2ccccc21. The zero-order valence-electron chi connectivity index (χ0n) is 9.43. The van der Waals surface area contributed by atoms with Crippen LogP contribution in [0.3, 0.4) is 0 Å². The predicted molar refractivity (Wildman–Crippen MR) is 61.3 cm³/mol. The average Bonchev–Trinajstić information content (AvgIpc) is 2.28. The van der Waals surface area contributed by atoms with E-state index in [2.05, 4.69) is 0 Å². The number of ether oxygens (including phenoxy) is 1. The first kappa shape index (κ1) is 10.6. The maximum absolute atomic E-state index is 11.8. The smallest absolute Gasteiger partial charge is 0.412 e. The quantitative estimate of drug-likeness (QED) is 0.685. The van der Waals surface area contributed by atoms with Crippen LogP contribution in [0.15, 0.2) is 36.5 Å². The number of pyridine rings is 1. The van der Waals surface area contributed by atoms with E-state index in [1.54, 1.807) is 17.7 Å². The lowest BCUT2D eigenvalue weighted by Gasteiger charge is -2.00. The van der Waals surface area contributed by atoms with Gasteiger partial charge in [0, 0.05) is 17.0 Å². The van der Waals surface area contributed by atoms with Crippen LogP contribution in [-0.2, 0) is 4.74 Å². The molecule has 2 aromatic rings. The van der Waals surface area contributed by atoms with Gasteiger partial charge in [-0.15, -0.1) is 0 Å². The zero-order chi connectivity index (χ0) is 11.5. The standard InChI is InChI=1S/C13H14NO2/c1-3-16-13(15)14-9-10(2)8-11-6-4-5-7-12(11)14/h4-9H,3H2,1-2H3/q+1. The van der Waals surface area contributed by atoms with Crippen molar-refractivity contribution in [1.29, 1.82) is 0 Å². The first-order valence-corrected chi connectivity index (χ1v) is 5.30. The second kappa shape index (κ2) is 4.31. The number of aryl methyl sites for hydroxylation is 1. The number of fused-ring (bicyclic) bond motifs is 1. The number of rotatable bonds is 1. The number of benzene rings is 1. The summed E-state index contributed by atoms with van der Waals surface area (Å²) in [6.07, 6.45) is 1.46. The molecule has 0 amide bonds. The second-order valence-electron chi connectivity index (χ2n) is 3.65. The summed E-state index contributed by atoms with van der Waals surface area (Å²) in [4.78, 5) is 11.8. The van der Waals surface area contributed by atoms with Gasteiger partial charge in [-0.05, 0) is 26.0 Å². The summed E-state index contributed by atoms with van der Waals surface area (Å²) in [7, 11) is 0. The molecule has 16 heavy (non-hydrogen) atoms. The molecule has 0 atom stereocenters. The Morgan fingerprint density at radius 1 is 1.38 bits per heavy atom. The molecule has 0 fully saturated rings. The maximum Gasteiger partial charge on any atom is 0.602 e. The minimum atomic E-state index is -0.331. The van der Waals surface area contributed by atoms with Crippen molar-refractivity contribution in [1.82, 2.24) is 0 Å². The van der Waals surface area contributed by atoms with Gasteiger partial charge in [0.15, 0.2) is 6.20 Å². The number of carbonyl (C=O) groups excluding carboxylic acids is 1. The molecule has 3 heteroatoms. The molecule has 0 aliphatic heterocycles. The Balaban J connectivity index is 2.63. The molecule has 0 N–H and O–H groups in total. The van der Waals surface area contributed by atoms with Crippen molar-refractivity contribution >= 4 is 17.0 Å². The molecule has 2 rings (SSSR count). The number of aromatic nitrogens is 1. The molecular weight excluding hydrogens is 202 g/mol. The Hall–Kier alpha value is -1.90. The van der Waals surface area contributed by atoms with Crippen molar-refractivity contribution in [2.45, 2.75) is 13.8 Å². The van der Waals surface area contributed by atoms with Crippen LogP contribution in [0.2, 0.25) is 0 Å². The monoisotopic (exact) mass is 216 g/mol. The lowest BCUT2D eigenvalue weighted by atomic mass is 10.2. The van der Waals surface area contributed by atoms with Crippen molar-refractivity contribution in [3.05, 3.63) is 42.1 Å². The molecule has 0 spiro atoms. The van der Waals surface area contributed by atoms with Crippen LogP contribution < -0.4 is 4.57 Å². The summed E-state index contributed by atoms with van der Waals surface area (Å²) in [6, 6.07) is 9.81. The highest BCUT2D eigenvalue weighted by Crippen LogP contribution is 2.10. The van der Waals surface area contributed by atoms with E-state index in [0.29, 0.717) is 6.61 Å². The Morgan fingerprint density at radius 2 is 2.12 bits per heavy atom. The summed E-state index contributed by atoms with van der Waals surface area (Å²) in [6.45, 7) is 4.15. The molecule has 82 valence electrons. The average molecular weight is 216 g/mol. The third kappa shape index (κ3) is 1.89. The van der Waals surface area contributed by atoms with Gasteiger partial charge in [0.1, 0.15) is 0 Å². The van der Waals surface area contributed by atoms with Gasteiger partial charge in [-0.25, -0.2) is 0 Å². The Bertz CT molecular complexity index is 534. The van der Waals surface area contributed by atoms with Crippen LogP contribution in [0.25, 0.3) is 10.9 Å². The van der Waals surface area contributed by atoms with Gasteiger partial charge in [0.05, 0.1) is 6.61 Å². The normalized spacial score (nSPS) is 10.4. The molecule has 0 bridgehead atoms. The highest BCUT2D eigenvalue weighted by molar-refractivity contribution is 5.78. The van der Waals surface area contributed by atoms with Crippen molar-refractivity contribution in [3.8, 4) is 0 Å². The topological polar surface area (TPSA) is 30.2 Å². The lowest BCUT2D eigenvalue weighted by molar-refractivity contribution is -0.558. The fourth-order valence-corrected chi connectivity index (χ4v) is 1.73. The van der Waals surface area contributed by atoms with Crippen LogP contribution in [0.4, 0.5) is 4.79 Å². The summed E-state index contributed by atoms with van der Waals surface area (Å²) >= 11 is 0. The van der Waals surface area contributed by atoms with E-state index in [0.717, 1.165) is 16.5 Å². The number of para-hydroxylation sites is 1. The third-order valence-electron chi connectivity index (χ3n) is 2.38. The minimum Gasteiger partial charge on any atom is -0.412 e. The molecule has 1 heterocycles. The third-order valence-corrected chi connectivity index (χ3v) is 2.38. The van der Waals surface area contributed by atoms with E-state index in [4.69, 9.17) is 4.74 Å². The van der Waals surface area contributed by atoms with Crippen LogP contribution in [0.1, 0.15) is 12.5 Å². The Labute approximate surface area is 94.3 Å². The fourth-order valence-electron chi connectivity index (χ4n) is 1.73. The fraction of sp³-hybridized carbons (Fsp3) is 0.231. The van der Waals surface area contributed by atoms with Gasteiger partial charge in [0.2, 0.25) is 5.52 Å². The van der Waals surface area contributed by atoms with E-state index in [1.165, 1.54) is 0 Å². The number of nitrogens with zero attached hydrogens (tertiary/aromatic N) is 1. The predicted octanol–water partition coefficient (Wildman–Crippen LogP) is 2.44. The Morgan fingerprint density at radius 3 is 2.88 bits per heavy atom. The van der Waals surface area contributed by atoms with E-state index < -0.39 is 0 Å². The summed E-state index contributed by atoms with van der Waals surface area (Å²) < 4.78 is 6.56. The molecule has 1 aromatic heterocycles. The van der Waals surface area contributed by atoms with Gasteiger partial charge < -0.3 is 4.74 Å². The van der Waals surface area contributed by atoms with Crippen LogP contribution in [-0.4, -0.2) is 12.7 Å². The molecule has 0 radical (unpaired) electrons. The van der Waals surface area contributed by atoms with E-state index in [-0.39, 0.29) is 6.09 Å². The molecule has 0 aliphatic carbocycles. The highest BCUT2D eigenvalue weighted by Gasteiger charge is 2.20. The van der Waals surface area contributed by atoms with Gasteiger partial charge in [-0.3, -0.25) is 0 Å². The highest BCUT2D eigenvalue weighted by atomic mass is 16.5. The van der Waals surface area contributed by atoms with Gasteiger partial charge in [-0.1, -0.05) is 16.7 Å². The van der Waals surface area contributed by atoms with Crippen molar-refractivity contribution in [2.24, 2.45) is 0 Å². The van der Waals surface area contributed by atoms with Crippen LogP contribution >= 0.6 is 0 Å². The largest absolute Gasteiger partial charge is 0.602 e. The van der Waals surface area contributed by atoms with E-state index in [1.807, 2.05) is 37.3 Å². The number of hydrogen-bond donors (Lipinski definition) is 0. The van der Waals surface area contributed by atoms with Gasteiger partial charge in [-0.2, -0.15) is 4.79 Å². The molecule has 3 nitrogen and oxygen atoms in total. The second-order valence-corrected chi connectivity index (χ2v) is 3.65. The van der Waals surface area contributed by atoms with Gasteiger partial charge >= 0.3 is 6.09 Å². The van der Waals surface area contributed by atoms with Crippen molar-refractivity contribution in [3.63, 3.8) is 0 Å². The molecule has 0 aliphatic rings. The zero-order valence-corrected chi connectivity index (χ0v) is 9.43. The number of carbonyl (C=O) groups is 1. The number of hydrogen-bond acceptors (Lipinski definition) is 2. The van der Waals surface area contributed by atoms with Crippen LogP contribution in [0.5, 0.6) is 0 Å². The summed E-state index contributed by atoms with van der Waals surface area (Å²) in [5, 5.41) is 1.04. The summed E-state index contributed by atoms with van der Waals surface area (Å²) in [5.41, 5.74) is 1.90. The molecule has 0 saturated carbocycles. The molecule has 1 aromatic carbocycles. The summed E-state index contributed by atoms with van der Waals surface area (Å²) in [5.74, 6) is 0. The van der Waals surface area contributed by atoms with Crippen LogP contribution in [0, 0.1) is 6.92 Å². The van der Waals surface area contributed by atoms with Crippen molar-refractivity contribution < 1.29 is 14.1 Å². The maximum atomic E-state index is 11.8. The van der Waals surface area contributed by atoms with Crippen molar-refractivity contribution in [2.75, 3.05) is 6.61 Å².